The van der Waals surface area contributed by atoms with E-state index in [1.54, 1.807) is 13.2 Å². The van der Waals surface area contributed by atoms with Crippen LogP contribution in [0, 0.1) is 12.7 Å². The maximum atomic E-state index is 13.2. The lowest BCUT2D eigenvalue weighted by molar-refractivity contribution is 0.404. The normalized spacial score (nSPS) is 10.4. The highest BCUT2D eigenvalue weighted by Gasteiger charge is 2.08. The lowest BCUT2D eigenvalue weighted by atomic mass is 10.0. The largest absolute Gasteiger partial charge is 0.496 e. The molecule has 0 amide bonds. The second kappa shape index (κ2) is 5.71. The molecule has 0 unspecified atom stereocenters. The Labute approximate surface area is 90.2 Å². The molecule has 0 radical (unpaired) electrons. The minimum absolute atomic E-state index is 0.198. The van der Waals surface area contributed by atoms with Crippen LogP contribution in [0.1, 0.15) is 24.0 Å². The molecule has 0 heterocycles. The molecule has 1 aromatic carbocycles. The molecule has 0 bridgehead atoms. The molecule has 0 aliphatic rings. The van der Waals surface area contributed by atoms with Gasteiger partial charge in [-0.05, 0) is 56.0 Å². The first-order chi connectivity index (χ1) is 7.19. The number of benzene rings is 1. The van der Waals surface area contributed by atoms with Crippen LogP contribution in [-0.2, 0) is 6.42 Å². The predicted molar refractivity (Wildman–Crippen MR) is 59.7 cm³/mol. The van der Waals surface area contributed by atoms with Crippen molar-refractivity contribution in [3.05, 3.63) is 29.1 Å². The van der Waals surface area contributed by atoms with Crippen LogP contribution in [0.25, 0.3) is 0 Å². The van der Waals surface area contributed by atoms with Crippen molar-refractivity contribution in [2.75, 3.05) is 13.7 Å². The fraction of sp³-hybridized carbons (Fsp3) is 0.500. The smallest absolute Gasteiger partial charge is 0.125 e. The Hall–Kier alpha value is -1.09. The molecule has 3 heteroatoms. The first-order valence-corrected chi connectivity index (χ1v) is 5.22. The molecule has 2 nitrogen and oxygen atoms in total. The summed E-state index contributed by atoms with van der Waals surface area (Å²) in [5, 5.41) is 0. The third-order valence-electron chi connectivity index (χ3n) is 2.42. The van der Waals surface area contributed by atoms with Crippen LogP contribution in [0.5, 0.6) is 5.75 Å². The maximum Gasteiger partial charge on any atom is 0.125 e. The van der Waals surface area contributed by atoms with Crippen molar-refractivity contribution in [3.8, 4) is 5.75 Å². The summed E-state index contributed by atoms with van der Waals surface area (Å²) in [5.41, 5.74) is 7.20. The Morgan fingerprint density at radius 3 is 2.67 bits per heavy atom. The van der Waals surface area contributed by atoms with Crippen LogP contribution >= 0.6 is 0 Å². The van der Waals surface area contributed by atoms with Crippen LogP contribution in [0.3, 0.4) is 0 Å². The first-order valence-electron chi connectivity index (χ1n) is 5.22. The zero-order valence-corrected chi connectivity index (χ0v) is 9.35. The van der Waals surface area contributed by atoms with E-state index < -0.39 is 0 Å². The molecule has 0 saturated carbocycles. The fourth-order valence-corrected chi connectivity index (χ4v) is 1.74. The van der Waals surface area contributed by atoms with Crippen molar-refractivity contribution in [1.29, 1.82) is 0 Å². The molecule has 0 saturated heterocycles. The number of rotatable bonds is 5. The second-order valence-electron chi connectivity index (χ2n) is 3.66. The third kappa shape index (κ3) is 3.20. The lowest BCUT2D eigenvalue weighted by Crippen LogP contribution is -2.01. The van der Waals surface area contributed by atoms with Crippen LogP contribution in [0.15, 0.2) is 12.1 Å². The molecular formula is C12H18FNO. The van der Waals surface area contributed by atoms with Gasteiger partial charge in [-0.1, -0.05) is 0 Å². The number of hydrogen-bond acceptors (Lipinski definition) is 2. The first kappa shape index (κ1) is 12.0. The Kier molecular flexibility index (Phi) is 4.56. The number of halogens is 1. The maximum absolute atomic E-state index is 13.2. The van der Waals surface area contributed by atoms with E-state index in [1.807, 2.05) is 6.92 Å². The van der Waals surface area contributed by atoms with E-state index in [4.69, 9.17) is 10.5 Å². The SMILES string of the molecule is COc1c(C)cc(F)cc1CCCCN. The highest BCUT2D eigenvalue weighted by molar-refractivity contribution is 5.41. The van der Waals surface area contributed by atoms with E-state index in [-0.39, 0.29) is 5.82 Å². The molecule has 0 aromatic heterocycles. The van der Waals surface area contributed by atoms with Gasteiger partial charge >= 0.3 is 0 Å². The van der Waals surface area contributed by atoms with Crippen molar-refractivity contribution in [1.82, 2.24) is 0 Å². The van der Waals surface area contributed by atoms with Gasteiger partial charge in [0.1, 0.15) is 11.6 Å². The van der Waals surface area contributed by atoms with Crippen LogP contribution in [0.2, 0.25) is 0 Å². The fourth-order valence-electron chi connectivity index (χ4n) is 1.74. The monoisotopic (exact) mass is 211 g/mol. The highest BCUT2D eigenvalue weighted by atomic mass is 19.1. The predicted octanol–water partition coefficient (Wildman–Crippen LogP) is 2.42. The van der Waals surface area contributed by atoms with Gasteiger partial charge in [0.25, 0.3) is 0 Å². The van der Waals surface area contributed by atoms with Gasteiger partial charge in [0.2, 0.25) is 0 Å². The standard InChI is InChI=1S/C12H18FNO/c1-9-7-11(13)8-10(12(9)15-2)5-3-4-6-14/h7-8H,3-6,14H2,1-2H3. The Bertz CT molecular complexity index is 326. The van der Waals surface area contributed by atoms with Gasteiger partial charge in [-0.2, -0.15) is 0 Å². The molecule has 1 rings (SSSR count). The van der Waals surface area contributed by atoms with E-state index in [0.717, 1.165) is 36.1 Å². The van der Waals surface area contributed by atoms with Gasteiger partial charge in [0.15, 0.2) is 0 Å². The molecule has 0 spiro atoms. The van der Waals surface area contributed by atoms with E-state index in [9.17, 15) is 4.39 Å². The topological polar surface area (TPSA) is 35.2 Å². The van der Waals surface area contributed by atoms with Gasteiger partial charge in [0.05, 0.1) is 7.11 Å². The number of ether oxygens (including phenoxy) is 1. The van der Waals surface area contributed by atoms with Crippen molar-refractivity contribution in [2.24, 2.45) is 5.73 Å². The van der Waals surface area contributed by atoms with Crippen molar-refractivity contribution in [3.63, 3.8) is 0 Å². The summed E-state index contributed by atoms with van der Waals surface area (Å²) in [6, 6.07) is 3.04. The summed E-state index contributed by atoms with van der Waals surface area (Å²) < 4.78 is 18.4. The summed E-state index contributed by atoms with van der Waals surface area (Å²) in [5.74, 6) is 0.601. The van der Waals surface area contributed by atoms with Crippen molar-refractivity contribution >= 4 is 0 Å². The average molecular weight is 211 g/mol. The van der Waals surface area contributed by atoms with Crippen LogP contribution < -0.4 is 10.5 Å². The van der Waals surface area contributed by atoms with Gasteiger partial charge in [-0.15, -0.1) is 0 Å². The number of aryl methyl sites for hydroxylation is 2. The average Bonchev–Trinajstić information content (AvgIpc) is 2.17. The summed E-state index contributed by atoms with van der Waals surface area (Å²) in [6.07, 6.45) is 2.74. The molecule has 0 fully saturated rings. The number of methoxy groups -OCH3 is 1. The molecule has 0 aliphatic carbocycles. The highest BCUT2D eigenvalue weighted by Crippen LogP contribution is 2.25. The van der Waals surface area contributed by atoms with Gasteiger partial charge in [-0.3, -0.25) is 0 Å². The van der Waals surface area contributed by atoms with E-state index in [1.165, 1.54) is 6.07 Å². The number of hydrogen-bond donors (Lipinski definition) is 1. The summed E-state index contributed by atoms with van der Waals surface area (Å²) in [4.78, 5) is 0. The van der Waals surface area contributed by atoms with Crippen LogP contribution in [0.4, 0.5) is 4.39 Å². The Balaban J connectivity index is 2.84. The van der Waals surface area contributed by atoms with E-state index in [0.29, 0.717) is 6.54 Å². The van der Waals surface area contributed by atoms with Crippen molar-refractivity contribution in [2.45, 2.75) is 26.2 Å². The molecule has 15 heavy (non-hydrogen) atoms. The van der Waals surface area contributed by atoms with Crippen molar-refractivity contribution < 1.29 is 9.13 Å². The molecule has 0 atom stereocenters. The molecule has 84 valence electrons. The quantitative estimate of drug-likeness (QED) is 0.759. The Morgan fingerprint density at radius 1 is 1.33 bits per heavy atom. The molecular weight excluding hydrogens is 193 g/mol. The summed E-state index contributed by atoms with van der Waals surface area (Å²) in [6.45, 7) is 2.53. The van der Waals surface area contributed by atoms with E-state index >= 15 is 0 Å². The molecule has 0 aliphatic heterocycles. The zero-order chi connectivity index (χ0) is 11.3. The van der Waals surface area contributed by atoms with Gasteiger partial charge < -0.3 is 10.5 Å². The van der Waals surface area contributed by atoms with Gasteiger partial charge in [0, 0.05) is 0 Å². The number of nitrogens with two attached hydrogens (primary N) is 1. The summed E-state index contributed by atoms with van der Waals surface area (Å²) in [7, 11) is 1.62. The summed E-state index contributed by atoms with van der Waals surface area (Å²) >= 11 is 0. The van der Waals surface area contributed by atoms with Gasteiger partial charge in [-0.25, -0.2) is 4.39 Å². The van der Waals surface area contributed by atoms with E-state index in [2.05, 4.69) is 0 Å². The molecule has 2 N–H and O–H groups in total. The zero-order valence-electron chi connectivity index (χ0n) is 9.35. The lowest BCUT2D eigenvalue weighted by Gasteiger charge is -2.11. The minimum atomic E-state index is -0.198. The second-order valence-corrected chi connectivity index (χ2v) is 3.66. The third-order valence-corrected chi connectivity index (χ3v) is 2.42. The Morgan fingerprint density at radius 2 is 2.07 bits per heavy atom. The number of unbranched alkanes of at least 4 members (excludes halogenated alkanes) is 1. The van der Waals surface area contributed by atoms with Crippen LogP contribution in [-0.4, -0.2) is 13.7 Å². The molecule has 1 aromatic rings. The minimum Gasteiger partial charge on any atom is -0.496 e.